The number of amides is 2. The van der Waals surface area contributed by atoms with Crippen LogP contribution in [0.1, 0.15) is 40.3 Å². The van der Waals surface area contributed by atoms with E-state index in [9.17, 15) is 9.59 Å². The summed E-state index contributed by atoms with van der Waals surface area (Å²) in [5, 5.41) is 6.96. The molecule has 9 heteroatoms. The number of aromatic nitrogens is 2. The largest absolute Gasteiger partial charge is 0.484 e. The summed E-state index contributed by atoms with van der Waals surface area (Å²) in [6.07, 6.45) is 3.32. The van der Waals surface area contributed by atoms with E-state index in [1.807, 2.05) is 49.4 Å². The minimum atomic E-state index is -0.361. The summed E-state index contributed by atoms with van der Waals surface area (Å²) in [4.78, 5) is 29.2. The molecule has 0 fully saturated rings. The van der Waals surface area contributed by atoms with Crippen molar-refractivity contribution < 1.29 is 14.3 Å². The standard InChI is InChI=1S/C26H24BrN5O3/c1-17(20-6-4-3-5-7-20)30-24(33)16-35-22-11-8-19(9-12-22)14-28-31-26(34)25-18(2)29-23-13-10-21(27)15-32(23)25/h3-15,17H,16H2,1-2H3,(H,30,33)(H,31,34)/b28-14-/t17-/m1/s1. The molecule has 0 aliphatic rings. The Morgan fingerprint density at radius 3 is 2.60 bits per heavy atom. The van der Waals surface area contributed by atoms with E-state index in [2.05, 4.69) is 36.8 Å². The van der Waals surface area contributed by atoms with E-state index >= 15 is 0 Å². The Morgan fingerprint density at radius 2 is 1.86 bits per heavy atom. The molecule has 35 heavy (non-hydrogen) atoms. The van der Waals surface area contributed by atoms with E-state index in [4.69, 9.17) is 4.74 Å². The van der Waals surface area contributed by atoms with Gasteiger partial charge in [0.1, 0.15) is 17.1 Å². The van der Waals surface area contributed by atoms with Crippen LogP contribution in [0, 0.1) is 6.92 Å². The number of halogens is 1. The van der Waals surface area contributed by atoms with Crippen molar-refractivity contribution in [3.05, 3.63) is 99.9 Å². The number of nitrogens with one attached hydrogen (secondary N) is 2. The van der Waals surface area contributed by atoms with Crippen LogP contribution in [0.25, 0.3) is 5.65 Å². The van der Waals surface area contributed by atoms with Crippen LogP contribution in [0.2, 0.25) is 0 Å². The van der Waals surface area contributed by atoms with Gasteiger partial charge in [0.25, 0.3) is 11.8 Å². The van der Waals surface area contributed by atoms with Gasteiger partial charge in [-0.25, -0.2) is 10.4 Å². The van der Waals surface area contributed by atoms with Crippen LogP contribution >= 0.6 is 15.9 Å². The van der Waals surface area contributed by atoms with E-state index in [0.717, 1.165) is 15.6 Å². The van der Waals surface area contributed by atoms with Crippen LogP contribution in [-0.2, 0) is 4.79 Å². The van der Waals surface area contributed by atoms with E-state index < -0.39 is 0 Å². The van der Waals surface area contributed by atoms with E-state index in [0.29, 0.717) is 22.8 Å². The van der Waals surface area contributed by atoms with E-state index in [-0.39, 0.29) is 24.5 Å². The number of benzene rings is 2. The smallest absolute Gasteiger partial charge is 0.290 e. The lowest BCUT2D eigenvalue weighted by Crippen LogP contribution is -2.31. The highest BCUT2D eigenvalue weighted by atomic mass is 79.9. The molecule has 0 radical (unpaired) electrons. The second-order valence-corrected chi connectivity index (χ2v) is 8.79. The van der Waals surface area contributed by atoms with Crippen LogP contribution in [-0.4, -0.2) is 34.0 Å². The number of pyridine rings is 1. The number of ether oxygens (including phenoxy) is 1. The molecule has 0 saturated carbocycles. The molecule has 0 unspecified atom stereocenters. The first kappa shape index (κ1) is 24.2. The zero-order valence-electron chi connectivity index (χ0n) is 19.2. The Kier molecular flexibility index (Phi) is 7.57. The van der Waals surface area contributed by atoms with Gasteiger partial charge >= 0.3 is 0 Å². The topological polar surface area (TPSA) is 97.1 Å². The number of hydrogen-bond donors (Lipinski definition) is 2. The van der Waals surface area contributed by atoms with Gasteiger partial charge in [0.2, 0.25) is 0 Å². The average molecular weight is 534 g/mol. The third-order valence-corrected chi connectivity index (χ3v) is 5.75. The number of imidazole rings is 1. The Hall–Kier alpha value is -3.98. The molecule has 2 aromatic carbocycles. The molecule has 0 saturated heterocycles. The van der Waals surface area contributed by atoms with Crippen molar-refractivity contribution >= 4 is 39.6 Å². The van der Waals surface area contributed by atoms with Crippen molar-refractivity contribution in [1.82, 2.24) is 20.1 Å². The highest BCUT2D eigenvalue weighted by molar-refractivity contribution is 9.10. The predicted molar refractivity (Wildman–Crippen MR) is 138 cm³/mol. The number of rotatable bonds is 8. The van der Waals surface area contributed by atoms with Crippen molar-refractivity contribution in [3.63, 3.8) is 0 Å². The lowest BCUT2D eigenvalue weighted by atomic mass is 10.1. The van der Waals surface area contributed by atoms with Crippen molar-refractivity contribution in [2.45, 2.75) is 19.9 Å². The fraction of sp³-hybridized carbons (Fsp3) is 0.154. The van der Waals surface area contributed by atoms with E-state index in [1.54, 1.807) is 41.8 Å². The Morgan fingerprint density at radius 1 is 1.11 bits per heavy atom. The molecular weight excluding hydrogens is 510 g/mol. The zero-order valence-corrected chi connectivity index (χ0v) is 20.8. The molecule has 4 rings (SSSR count). The Balaban J connectivity index is 1.29. The molecule has 2 aromatic heterocycles. The highest BCUT2D eigenvalue weighted by Crippen LogP contribution is 2.17. The number of carbonyl (C=O) groups excluding carboxylic acids is 2. The van der Waals surface area contributed by atoms with Gasteiger partial charge in [0.05, 0.1) is 18.0 Å². The van der Waals surface area contributed by atoms with Crippen molar-refractivity contribution in [2.24, 2.45) is 5.10 Å². The molecule has 0 bridgehead atoms. The minimum absolute atomic E-state index is 0.0879. The van der Waals surface area contributed by atoms with E-state index in [1.165, 1.54) is 6.21 Å². The van der Waals surface area contributed by atoms with Crippen molar-refractivity contribution in [3.8, 4) is 5.75 Å². The molecule has 2 N–H and O–H groups in total. The summed E-state index contributed by atoms with van der Waals surface area (Å²) >= 11 is 3.41. The van der Waals surface area contributed by atoms with Gasteiger partial charge in [-0.3, -0.25) is 14.0 Å². The number of hydrazone groups is 1. The van der Waals surface area contributed by atoms with Gasteiger partial charge in [-0.05, 0) is 77.3 Å². The number of nitrogens with zero attached hydrogens (tertiary/aromatic N) is 3. The number of aryl methyl sites for hydroxylation is 1. The van der Waals surface area contributed by atoms with Crippen molar-refractivity contribution in [2.75, 3.05) is 6.61 Å². The van der Waals surface area contributed by atoms with Crippen LogP contribution in [0.4, 0.5) is 0 Å². The number of carbonyl (C=O) groups is 2. The molecule has 8 nitrogen and oxygen atoms in total. The number of fused-ring (bicyclic) bond motifs is 1. The molecule has 4 aromatic rings. The second kappa shape index (κ2) is 11.0. The zero-order chi connectivity index (χ0) is 24.8. The maximum atomic E-state index is 12.7. The highest BCUT2D eigenvalue weighted by Gasteiger charge is 2.16. The Labute approximate surface area is 211 Å². The van der Waals surface area contributed by atoms with Gasteiger partial charge in [0, 0.05) is 10.7 Å². The average Bonchev–Trinajstić information content (AvgIpc) is 3.18. The maximum absolute atomic E-state index is 12.7. The first-order chi connectivity index (χ1) is 16.9. The van der Waals surface area contributed by atoms with Gasteiger partial charge in [-0.1, -0.05) is 30.3 Å². The fourth-order valence-corrected chi connectivity index (χ4v) is 3.87. The molecule has 2 heterocycles. The van der Waals surface area contributed by atoms with Gasteiger partial charge in [-0.15, -0.1) is 0 Å². The van der Waals surface area contributed by atoms with Crippen LogP contribution < -0.4 is 15.5 Å². The molecule has 2 amide bonds. The quantitative estimate of drug-likeness (QED) is 0.258. The van der Waals surface area contributed by atoms with Gasteiger partial charge in [0.15, 0.2) is 6.61 Å². The first-order valence-electron chi connectivity index (χ1n) is 11.0. The number of hydrogen-bond acceptors (Lipinski definition) is 5. The Bertz CT molecular complexity index is 1370. The normalized spacial score (nSPS) is 12.0. The van der Waals surface area contributed by atoms with Gasteiger partial charge < -0.3 is 10.1 Å². The lowest BCUT2D eigenvalue weighted by Gasteiger charge is -2.14. The fourth-order valence-electron chi connectivity index (χ4n) is 3.54. The molecular formula is C26H24BrN5O3. The summed E-state index contributed by atoms with van der Waals surface area (Å²) in [5.74, 6) is -0.00917. The molecule has 0 aliphatic heterocycles. The molecule has 0 spiro atoms. The van der Waals surface area contributed by atoms with Gasteiger partial charge in [-0.2, -0.15) is 5.10 Å². The minimum Gasteiger partial charge on any atom is -0.484 e. The van der Waals surface area contributed by atoms with Crippen LogP contribution in [0.5, 0.6) is 5.75 Å². The summed E-state index contributed by atoms with van der Waals surface area (Å²) in [6.45, 7) is 3.62. The second-order valence-electron chi connectivity index (χ2n) is 7.88. The first-order valence-corrected chi connectivity index (χ1v) is 11.7. The third-order valence-electron chi connectivity index (χ3n) is 5.28. The lowest BCUT2D eigenvalue weighted by molar-refractivity contribution is -0.123. The molecule has 178 valence electrons. The third kappa shape index (κ3) is 6.13. The SMILES string of the molecule is Cc1nc2ccc(Br)cn2c1C(=O)N/N=C\c1ccc(OCC(=O)N[C@H](C)c2ccccc2)cc1. The summed E-state index contributed by atoms with van der Waals surface area (Å²) in [7, 11) is 0. The maximum Gasteiger partial charge on any atom is 0.290 e. The van der Waals surface area contributed by atoms with Crippen LogP contribution in [0.15, 0.2) is 82.5 Å². The summed E-state index contributed by atoms with van der Waals surface area (Å²) in [6, 6.07) is 20.4. The predicted octanol–water partition coefficient (Wildman–Crippen LogP) is 4.43. The molecule has 0 aliphatic carbocycles. The monoisotopic (exact) mass is 533 g/mol. The summed E-state index contributed by atoms with van der Waals surface area (Å²) in [5.41, 5.74) is 6.04. The molecule has 1 atom stereocenters. The van der Waals surface area contributed by atoms with Crippen LogP contribution in [0.3, 0.4) is 0 Å². The summed E-state index contributed by atoms with van der Waals surface area (Å²) < 4.78 is 8.13. The van der Waals surface area contributed by atoms with Crippen molar-refractivity contribution in [1.29, 1.82) is 0 Å².